The van der Waals surface area contributed by atoms with Crippen LogP contribution in [0.3, 0.4) is 0 Å². The van der Waals surface area contributed by atoms with Crippen LogP contribution < -0.4 is 14.4 Å². The van der Waals surface area contributed by atoms with Crippen LogP contribution in [-0.4, -0.2) is 43.1 Å². The van der Waals surface area contributed by atoms with Gasteiger partial charge < -0.3 is 19.3 Å². The lowest BCUT2D eigenvalue weighted by Gasteiger charge is -2.26. The van der Waals surface area contributed by atoms with Gasteiger partial charge in [0, 0.05) is 11.3 Å². The van der Waals surface area contributed by atoms with Crippen LogP contribution in [-0.2, 0) is 20.7 Å². The highest BCUT2D eigenvalue weighted by Gasteiger charge is 2.47. The summed E-state index contributed by atoms with van der Waals surface area (Å²) in [5, 5.41) is 11.4. The molecule has 5 rings (SSSR count). The van der Waals surface area contributed by atoms with Crippen molar-refractivity contribution in [2.75, 3.05) is 25.2 Å². The molecule has 194 valence electrons. The van der Waals surface area contributed by atoms with Gasteiger partial charge in [-0.1, -0.05) is 12.1 Å². The Balaban J connectivity index is 1.62. The monoisotopic (exact) mass is 513 g/mol. The van der Waals surface area contributed by atoms with Gasteiger partial charge in [0.05, 0.1) is 37.5 Å². The third-order valence-corrected chi connectivity index (χ3v) is 6.71. The molecule has 1 N–H and O–H groups in total. The van der Waals surface area contributed by atoms with Crippen molar-refractivity contribution in [3.05, 3.63) is 94.6 Å². The number of nitrogens with zero attached hydrogens (tertiary/aromatic N) is 1. The Labute approximate surface area is 220 Å². The van der Waals surface area contributed by atoms with Crippen LogP contribution in [0.2, 0.25) is 0 Å². The van der Waals surface area contributed by atoms with Gasteiger partial charge in [-0.15, -0.1) is 0 Å². The predicted octanol–water partition coefficient (Wildman–Crippen LogP) is 4.82. The minimum Gasteiger partial charge on any atom is -0.507 e. The molecular weight excluding hydrogens is 486 g/mol. The lowest BCUT2D eigenvalue weighted by atomic mass is 9.93. The molecule has 1 atom stereocenters. The molecule has 3 aromatic carbocycles. The first-order chi connectivity index (χ1) is 18.4. The number of ketones is 1. The molecule has 2 heterocycles. The summed E-state index contributed by atoms with van der Waals surface area (Å²) >= 11 is 0. The molecule has 0 spiro atoms. The summed E-state index contributed by atoms with van der Waals surface area (Å²) < 4.78 is 16.0. The lowest BCUT2D eigenvalue weighted by molar-refractivity contribution is -0.132. The van der Waals surface area contributed by atoms with Crippen LogP contribution in [0, 0.1) is 0 Å². The Kier molecular flexibility index (Phi) is 6.87. The number of esters is 1. The molecule has 1 saturated heterocycles. The second-order valence-corrected chi connectivity index (χ2v) is 8.98. The van der Waals surface area contributed by atoms with Gasteiger partial charge in [-0.3, -0.25) is 14.5 Å². The molecule has 3 aromatic rings. The van der Waals surface area contributed by atoms with Crippen LogP contribution in [0.4, 0.5) is 5.69 Å². The number of rotatable bonds is 6. The zero-order valence-corrected chi connectivity index (χ0v) is 21.1. The number of hydrogen-bond donors (Lipinski definition) is 1. The van der Waals surface area contributed by atoms with Crippen LogP contribution in [0.25, 0.3) is 5.76 Å². The maximum absolute atomic E-state index is 13.4. The third kappa shape index (κ3) is 4.49. The average molecular weight is 514 g/mol. The maximum Gasteiger partial charge on any atom is 0.338 e. The second kappa shape index (κ2) is 10.4. The molecule has 8 nitrogen and oxygen atoms in total. The van der Waals surface area contributed by atoms with E-state index in [9.17, 15) is 19.5 Å². The van der Waals surface area contributed by atoms with Crippen molar-refractivity contribution in [1.29, 1.82) is 0 Å². The number of amides is 1. The Morgan fingerprint density at radius 2 is 1.74 bits per heavy atom. The van der Waals surface area contributed by atoms with Crippen LogP contribution in [0.5, 0.6) is 11.5 Å². The molecule has 1 amide bonds. The number of benzene rings is 3. The zero-order chi connectivity index (χ0) is 26.8. The number of anilines is 1. The quantitative estimate of drug-likeness (QED) is 0.218. The predicted molar refractivity (Wildman–Crippen MR) is 140 cm³/mol. The minimum absolute atomic E-state index is 0.0219. The topological polar surface area (TPSA) is 102 Å². The van der Waals surface area contributed by atoms with Gasteiger partial charge >= 0.3 is 5.97 Å². The van der Waals surface area contributed by atoms with Crippen LogP contribution in [0.15, 0.2) is 72.3 Å². The fourth-order valence-corrected chi connectivity index (χ4v) is 4.84. The largest absolute Gasteiger partial charge is 0.507 e. The van der Waals surface area contributed by atoms with E-state index in [4.69, 9.17) is 14.2 Å². The Morgan fingerprint density at radius 1 is 1.03 bits per heavy atom. The first kappa shape index (κ1) is 25.1. The third-order valence-electron chi connectivity index (χ3n) is 6.71. The Bertz CT molecular complexity index is 1420. The van der Waals surface area contributed by atoms with E-state index in [0.29, 0.717) is 34.7 Å². The number of Topliss-reactive ketones (excluding diaryl/α,β-unsaturated/α-hetero) is 1. The molecule has 0 radical (unpaired) electrons. The number of hydrogen-bond acceptors (Lipinski definition) is 7. The molecule has 1 unspecified atom stereocenters. The first-order valence-corrected chi connectivity index (χ1v) is 12.4. The summed E-state index contributed by atoms with van der Waals surface area (Å²) in [6, 6.07) is 17.6. The summed E-state index contributed by atoms with van der Waals surface area (Å²) in [4.78, 5) is 40.3. The van der Waals surface area contributed by atoms with E-state index in [-0.39, 0.29) is 17.9 Å². The average Bonchev–Trinajstić information content (AvgIpc) is 3.22. The van der Waals surface area contributed by atoms with E-state index < -0.39 is 23.7 Å². The van der Waals surface area contributed by atoms with E-state index in [1.807, 2.05) is 0 Å². The van der Waals surface area contributed by atoms with Crippen molar-refractivity contribution in [3.63, 3.8) is 0 Å². The van der Waals surface area contributed by atoms with Crippen LogP contribution >= 0.6 is 0 Å². The van der Waals surface area contributed by atoms with Gasteiger partial charge in [0.25, 0.3) is 11.7 Å². The van der Waals surface area contributed by atoms with E-state index >= 15 is 0 Å². The summed E-state index contributed by atoms with van der Waals surface area (Å²) in [7, 11) is 1.55. The second-order valence-electron chi connectivity index (χ2n) is 8.98. The number of fused-ring (bicyclic) bond motifs is 1. The molecule has 2 aliphatic rings. The van der Waals surface area contributed by atoms with E-state index in [1.165, 1.54) is 4.90 Å². The number of aliphatic hydroxyl groups excluding tert-OH is 1. The first-order valence-electron chi connectivity index (χ1n) is 12.4. The number of carbonyl (C=O) groups excluding carboxylic acids is 3. The number of aryl methyl sites for hydroxylation is 1. The SMILES string of the molecule is CCOC(=O)c1ccc(N2C(=O)C(=O)/C(=C(\O)c3ccc4c(c3)CCCO4)C2c2ccc(OC)cc2)cc1. The molecule has 0 aliphatic carbocycles. The smallest absolute Gasteiger partial charge is 0.338 e. The minimum atomic E-state index is -0.901. The normalized spacial score (nSPS) is 18.1. The summed E-state index contributed by atoms with van der Waals surface area (Å²) in [5.74, 6) is -0.961. The fraction of sp³-hybridized carbons (Fsp3) is 0.233. The molecule has 1 fully saturated rings. The van der Waals surface area contributed by atoms with Crippen molar-refractivity contribution in [3.8, 4) is 11.5 Å². The van der Waals surface area contributed by atoms with E-state index in [1.54, 1.807) is 80.8 Å². The maximum atomic E-state index is 13.4. The van der Waals surface area contributed by atoms with Gasteiger partial charge in [0.15, 0.2) is 0 Å². The van der Waals surface area contributed by atoms with Crippen molar-refractivity contribution < 1.29 is 33.7 Å². The highest BCUT2D eigenvalue weighted by atomic mass is 16.5. The number of methoxy groups -OCH3 is 1. The van der Waals surface area contributed by atoms with Crippen molar-refractivity contribution >= 4 is 29.1 Å². The van der Waals surface area contributed by atoms with Gasteiger partial charge in [0.2, 0.25) is 0 Å². The summed E-state index contributed by atoms with van der Waals surface area (Å²) in [5.41, 5.74) is 2.69. The van der Waals surface area contributed by atoms with Crippen molar-refractivity contribution in [2.24, 2.45) is 0 Å². The lowest BCUT2D eigenvalue weighted by Crippen LogP contribution is -2.29. The highest BCUT2D eigenvalue weighted by molar-refractivity contribution is 6.51. The van der Waals surface area contributed by atoms with Gasteiger partial charge in [0.1, 0.15) is 17.3 Å². The molecule has 2 aliphatic heterocycles. The molecule has 8 heteroatoms. The number of ether oxygens (including phenoxy) is 3. The Morgan fingerprint density at radius 3 is 2.42 bits per heavy atom. The van der Waals surface area contributed by atoms with E-state index in [0.717, 1.165) is 24.2 Å². The Hall–Kier alpha value is -4.59. The molecule has 0 aromatic heterocycles. The fourth-order valence-electron chi connectivity index (χ4n) is 4.84. The summed E-state index contributed by atoms with van der Waals surface area (Å²) in [6.07, 6.45) is 1.65. The molecule has 38 heavy (non-hydrogen) atoms. The molecular formula is C30H27NO7. The number of aliphatic hydroxyl groups is 1. The van der Waals surface area contributed by atoms with Gasteiger partial charge in [-0.2, -0.15) is 0 Å². The van der Waals surface area contributed by atoms with Gasteiger partial charge in [-0.25, -0.2) is 4.79 Å². The molecule has 0 saturated carbocycles. The van der Waals surface area contributed by atoms with Crippen molar-refractivity contribution in [1.82, 2.24) is 0 Å². The zero-order valence-electron chi connectivity index (χ0n) is 21.1. The van der Waals surface area contributed by atoms with Crippen LogP contribution in [0.1, 0.15) is 46.4 Å². The van der Waals surface area contributed by atoms with Gasteiger partial charge in [-0.05, 0) is 85.5 Å². The van der Waals surface area contributed by atoms with Crippen molar-refractivity contribution in [2.45, 2.75) is 25.8 Å². The molecule has 0 bridgehead atoms. The summed E-state index contributed by atoms with van der Waals surface area (Å²) in [6.45, 7) is 2.59. The van der Waals surface area contributed by atoms with E-state index in [2.05, 4.69) is 0 Å². The standard InChI is InChI=1S/C30H27NO7/c1-3-37-30(35)19-6-11-22(12-7-19)31-26(18-8-13-23(36-2)14-9-18)25(28(33)29(31)34)27(32)21-10-15-24-20(17-21)5-4-16-38-24/h6-15,17,26,32H,3-5,16H2,1-2H3/b27-25-. The highest BCUT2D eigenvalue weighted by Crippen LogP contribution is 2.43. The number of carbonyl (C=O) groups is 3.